The molecule has 98 valence electrons. The molecule has 0 aromatic heterocycles. The van der Waals surface area contributed by atoms with Gasteiger partial charge in [0.2, 0.25) is 5.91 Å². The molecule has 1 aliphatic heterocycles. The number of halogens is 2. The first-order chi connectivity index (χ1) is 8.29. The Morgan fingerprint density at radius 2 is 2.06 bits per heavy atom. The Morgan fingerprint density at radius 1 is 1.39 bits per heavy atom. The van der Waals surface area contributed by atoms with E-state index in [1.165, 1.54) is 0 Å². The number of phenols is 1. The quantitative estimate of drug-likeness (QED) is 0.816. The molecule has 2 rings (SSSR count). The Bertz CT molecular complexity index is 602. The molecule has 8 heteroatoms. The second-order valence-electron chi connectivity index (χ2n) is 3.94. The van der Waals surface area contributed by atoms with Gasteiger partial charge in [0.25, 0.3) is 0 Å². The summed E-state index contributed by atoms with van der Waals surface area (Å²) in [6, 6.07) is 3.01. The molecular weight excluding hydrogens is 268 g/mol. The highest BCUT2D eigenvalue weighted by Crippen LogP contribution is 2.30. The van der Waals surface area contributed by atoms with Crippen molar-refractivity contribution in [3.8, 4) is 5.75 Å². The predicted molar refractivity (Wildman–Crippen MR) is 58.9 cm³/mol. The van der Waals surface area contributed by atoms with Crippen LogP contribution in [0.1, 0.15) is 6.42 Å². The maximum absolute atomic E-state index is 13.5. The van der Waals surface area contributed by atoms with Gasteiger partial charge in [-0.3, -0.25) is 4.79 Å². The first-order valence-electron chi connectivity index (χ1n) is 5.01. The molecule has 1 aromatic rings. The van der Waals surface area contributed by atoms with Gasteiger partial charge in [-0.15, -0.1) is 3.89 Å². The fourth-order valence-electron chi connectivity index (χ4n) is 1.80. The molecule has 1 heterocycles. The number of carbonyl (C=O) groups is 1. The first kappa shape index (κ1) is 12.7. The standard InChI is InChI=1S/C10H9F2NO4S/c11-8-2-1-6(14)3-9(8)13-5-7(4-10(13)15)18(12,16)17/h1-3,7,14H,4-5H2. The minimum absolute atomic E-state index is 0.258. The summed E-state index contributed by atoms with van der Waals surface area (Å²) in [6.07, 6.45) is -0.534. The Balaban J connectivity index is 2.35. The number of phenolic OH excluding ortho intramolecular Hbond substituents is 1. The lowest BCUT2D eigenvalue weighted by molar-refractivity contribution is -0.117. The lowest BCUT2D eigenvalue weighted by Crippen LogP contribution is -2.27. The molecule has 0 bridgehead atoms. The van der Waals surface area contributed by atoms with Crippen LogP contribution in [0, 0.1) is 5.82 Å². The van der Waals surface area contributed by atoms with Gasteiger partial charge in [0.15, 0.2) is 0 Å². The van der Waals surface area contributed by atoms with Crippen LogP contribution >= 0.6 is 0 Å². The Kier molecular flexibility index (Phi) is 2.97. The van der Waals surface area contributed by atoms with Crippen LogP contribution in [-0.4, -0.2) is 31.2 Å². The number of amides is 1. The summed E-state index contributed by atoms with van der Waals surface area (Å²) in [5.74, 6) is -1.77. The van der Waals surface area contributed by atoms with Crippen LogP contribution in [0.25, 0.3) is 0 Å². The minimum atomic E-state index is -4.85. The number of anilines is 1. The van der Waals surface area contributed by atoms with Crippen LogP contribution in [0.5, 0.6) is 5.75 Å². The average molecular weight is 277 g/mol. The smallest absolute Gasteiger partial charge is 0.307 e. The van der Waals surface area contributed by atoms with Gasteiger partial charge in [0.1, 0.15) is 16.8 Å². The number of carbonyl (C=O) groups excluding carboxylic acids is 1. The number of hydrogen-bond donors (Lipinski definition) is 1. The first-order valence-corrected chi connectivity index (χ1v) is 6.46. The third-order valence-electron chi connectivity index (χ3n) is 2.71. The van der Waals surface area contributed by atoms with Crippen molar-refractivity contribution in [1.82, 2.24) is 0 Å². The Labute approximate surface area is 102 Å². The van der Waals surface area contributed by atoms with E-state index in [9.17, 15) is 26.6 Å². The van der Waals surface area contributed by atoms with Crippen molar-refractivity contribution >= 4 is 21.8 Å². The van der Waals surface area contributed by atoms with E-state index in [4.69, 9.17) is 0 Å². The SMILES string of the molecule is O=C1CC(S(=O)(=O)F)CN1c1cc(O)ccc1F. The second-order valence-corrected chi connectivity index (χ2v) is 5.56. The number of rotatable bonds is 2. The molecule has 1 aliphatic rings. The molecule has 1 N–H and O–H groups in total. The van der Waals surface area contributed by atoms with Gasteiger partial charge >= 0.3 is 10.2 Å². The topological polar surface area (TPSA) is 74.7 Å². The van der Waals surface area contributed by atoms with Crippen LogP contribution in [0.15, 0.2) is 18.2 Å². The van der Waals surface area contributed by atoms with Crippen LogP contribution in [0.3, 0.4) is 0 Å². The summed E-state index contributed by atoms with van der Waals surface area (Å²) in [5, 5.41) is 7.72. The largest absolute Gasteiger partial charge is 0.508 e. The van der Waals surface area contributed by atoms with E-state index < -0.39 is 40.2 Å². The Hall–Kier alpha value is -1.70. The number of nitrogens with zero attached hydrogens (tertiary/aromatic N) is 1. The highest BCUT2D eigenvalue weighted by atomic mass is 32.3. The minimum Gasteiger partial charge on any atom is -0.508 e. The van der Waals surface area contributed by atoms with Gasteiger partial charge in [-0.1, -0.05) is 0 Å². The lowest BCUT2D eigenvalue weighted by atomic mass is 10.2. The average Bonchev–Trinajstić information content (AvgIpc) is 2.64. The van der Waals surface area contributed by atoms with Crippen LogP contribution < -0.4 is 4.90 Å². The molecule has 18 heavy (non-hydrogen) atoms. The van der Waals surface area contributed by atoms with Crippen LogP contribution in [0.4, 0.5) is 14.0 Å². The number of aromatic hydroxyl groups is 1. The van der Waals surface area contributed by atoms with Crippen molar-refractivity contribution in [1.29, 1.82) is 0 Å². The maximum Gasteiger partial charge on any atom is 0.307 e. The molecule has 1 saturated heterocycles. The van der Waals surface area contributed by atoms with E-state index in [0.29, 0.717) is 0 Å². The van der Waals surface area contributed by atoms with Crippen molar-refractivity contribution in [2.24, 2.45) is 0 Å². The summed E-state index contributed by atoms with van der Waals surface area (Å²) < 4.78 is 47.7. The van der Waals surface area contributed by atoms with Gasteiger partial charge in [-0.05, 0) is 12.1 Å². The summed E-state index contributed by atoms with van der Waals surface area (Å²) >= 11 is 0. The molecule has 1 unspecified atom stereocenters. The molecule has 0 aliphatic carbocycles. The molecule has 1 fully saturated rings. The zero-order valence-corrected chi connectivity index (χ0v) is 9.82. The zero-order valence-electron chi connectivity index (χ0n) is 9.01. The lowest BCUT2D eigenvalue weighted by Gasteiger charge is -2.16. The van der Waals surface area contributed by atoms with Crippen LogP contribution in [0.2, 0.25) is 0 Å². The van der Waals surface area contributed by atoms with Crippen molar-refractivity contribution in [3.63, 3.8) is 0 Å². The molecular formula is C10H9F2NO4S. The molecule has 1 aromatic carbocycles. The molecule has 0 radical (unpaired) electrons. The van der Waals surface area contributed by atoms with Crippen molar-refractivity contribution in [2.75, 3.05) is 11.4 Å². The second kappa shape index (κ2) is 4.20. The Morgan fingerprint density at radius 3 is 2.61 bits per heavy atom. The number of hydrogen-bond acceptors (Lipinski definition) is 4. The predicted octanol–water partition coefficient (Wildman–Crippen LogP) is 0.936. The van der Waals surface area contributed by atoms with E-state index in [0.717, 1.165) is 23.1 Å². The molecule has 1 atom stereocenters. The normalized spacial score (nSPS) is 20.4. The van der Waals surface area contributed by atoms with Gasteiger partial charge in [0.05, 0.1) is 5.69 Å². The van der Waals surface area contributed by atoms with E-state index in [-0.39, 0.29) is 11.4 Å². The van der Waals surface area contributed by atoms with Gasteiger partial charge < -0.3 is 10.0 Å². The maximum atomic E-state index is 13.5. The highest BCUT2D eigenvalue weighted by molar-refractivity contribution is 7.87. The highest BCUT2D eigenvalue weighted by Gasteiger charge is 2.39. The van der Waals surface area contributed by atoms with Crippen molar-refractivity contribution in [3.05, 3.63) is 24.0 Å². The van der Waals surface area contributed by atoms with E-state index in [1.807, 2.05) is 0 Å². The molecule has 0 spiro atoms. The van der Waals surface area contributed by atoms with Crippen LogP contribution in [-0.2, 0) is 15.0 Å². The summed E-state index contributed by atoms with van der Waals surface area (Å²) in [4.78, 5) is 12.4. The van der Waals surface area contributed by atoms with E-state index >= 15 is 0 Å². The van der Waals surface area contributed by atoms with Gasteiger partial charge in [-0.2, -0.15) is 8.42 Å². The fourth-order valence-corrected chi connectivity index (χ4v) is 2.47. The zero-order chi connectivity index (χ0) is 13.5. The summed E-state index contributed by atoms with van der Waals surface area (Å²) in [7, 11) is -4.85. The summed E-state index contributed by atoms with van der Waals surface area (Å²) in [6.45, 7) is -0.460. The third kappa shape index (κ3) is 2.28. The van der Waals surface area contributed by atoms with Gasteiger partial charge in [0, 0.05) is 19.0 Å². The molecule has 5 nitrogen and oxygen atoms in total. The summed E-state index contributed by atoms with van der Waals surface area (Å²) in [5.41, 5.74) is -0.258. The van der Waals surface area contributed by atoms with Crippen molar-refractivity contribution < 1.29 is 26.6 Å². The monoisotopic (exact) mass is 277 g/mol. The van der Waals surface area contributed by atoms with Crippen molar-refractivity contribution in [2.45, 2.75) is 11.7 Å². The molecule has 0 saturated carbocycles. The number of benzene rings is 1. The molecule has 1 amide bonds. The van der Waals surface area contributed by atoms with Gasteiger partial charge in [-0.25, -0.2) is 4.39 Å². The van der Waals surface area contributed by atoms with E-state index in [2.05, 4.69) is 0 Å². The fraction of sp³-hybridized carbons (Fsp3) is 0.300. The van der Waals surface area contributed by atoms with E-state index in [1.54, 1.807) is 0 Å². The third-order valence-corrected chi connectivity index (χ3v) is 3.82.